The smallest absolute Gasteiger partial charge is 0.170 e. The molecular formula is C17H24O2. The fraction of sp³-hybridized carbons (Fsp3) is 0.588. The Morgan fingerprint density at radius 2 is 1.53 bits per heavy atom. The molecule has 1 aliphatic rings. The molecule has 0 unspecified atom stereocenters. The van der Waals surface area contributed by atoms with Gasteiger partial charge in [-0.05, 0) is 12.1 Å². The molecule has 19 heavy (non-hydrogen) atoms. The molecule has 1 aromatic rings. The second-order valence-corrected chi connectivity index (χ2v) is 7.53. The average molecular weight is 260 g/mol. The molecule has 0 atom stereocenters. The summed E-state index contributed by atoms with van der Waals surface area (Å²) in [6.07, 6.45) is 0.441. The van der Waals surface area contributed by atoms with E-state index in [0.29, 0.717) is 12.0 Å². The summed E-state index contributed by atoms with van der Waals surface area (Å²) in [4.78, 5) is 12.5. The lowest BCUT2D eigenvalue weighted by molar-refractivity contribution is -0.117. The topological polar surface area (TPSA) is 26.3 Å². The van der Waals surface area contributed by atoms with Crippen molar-refractivity contribution in [2.75, 3.05) is 0 Å². The van der Waals surface area contributed by atoms with Crippen LogP contribution in [0.3, 0.4) is 0 Å². The van der Waals surface area contributed by atoms with Crippen molar-refractivity contribution in [3.8, 4) is 5.75 Å². The van der Waals surface area contributed by atoms with Crippen LogP contribution in [-0.2, 0) is 0 Å². The fourth-order valence-electron chi connectivity index (χ4n) is 3.29. The first-order valence-corrected chi connectivity index (χ1v) is 6.90. The molecule has 0 aromatic heterocycles. The molecule has 1 aromatic carbocycles. The molecule has 1 heterocycles. The van der Waals surface area contributed by atoms with Gasteiger partial charge in [0.05, 0.1) is 12.0 Å². The number of Topliss-reactive ketones (excluding diaryl/α,β-unsaturated/α-hetero) is 1. The molecule has 0 aliphatic carbocycles. The Bertz CT molecular complexity index is 487. The number of carbonyl (C=O) groups is 1. The number of fused-ring (bicyclic) bond motifs is 1. The minimum Gasteiger partial charge on any atom is -0.485 e. The molecule has 0 radical (unpaired) electrons. The highest BCUT2D eigenvalue weighted by atomic mass is 16.5. The molecule has 2 heteroatoms. The van der Waals surface area contributed by atoms with Gasteiger partial charge in [-0.3, -0.25) is 4.79 Å². The first-order valence-electron chi connectivity index (χ1n) is 6.90. The number of para-hydroxylation sites is 1. The van der Waals surface area contributed by atoms with Crippen LogP contribution in [0, 0.1) is 10.8 Å². The number of ether oxygens (including phenoxy) is 1. The quantitative estimate of drug-likeness (QED) is 0.687. The minimum atomic E-state index is -0.481. The number of benzene rings is 1. The summed E-state index contributed by atoms with van der Waals surface area (Å²) in [5.74, 6) is 0.912. The molecule has 0 saturated heterocycles. The highest BCUT2D eigenvalue weighted by Gasteiger charge is 2.56. The third kappa shape index (κ3) is 2.07. The Labute approximate surface area is 116 Å². The number of hydrogen-bond donors (Lipinski definition) is 0. The Balaban J connectivity index is 2.60. The molecule has 0 fully saturated rings. The van der Waals surface area contributed by atoms with Crippen LogP contribution in [0.4, 0.5) is 0 Å². The Morgan fingerprint density at radius 3 is 2.05 bits per heavy atom. The normalized spacial score (nSPS) is 18.7. The summed E-state index contributed by atoms with van der Waals surface area (Å²) in [6.45, 7) is 12.9. The fourth-order valence-corrected chi connectivity index (χ4v) is 3.29. The van der Waals surface area contributed by atoms with Crippen molar-refractivity contribution in [1.29, 1.82) is 0 Å². The minimum absolute atomic E-state index is 0.117. The summed E-state index contributed by atoms with van der Waals surface area (Å²) >= 11 is 0. The highest BCUT2D eigenvalue weighted by Crippen LogP contribution is 2.52. The van der Waals surface area contributed by atoms with E-state index in [1.807, 2.05) is 24.3 Å². The van der Waals surface area contributed by atoms with Crippen LogP contribution in [0.15, 0.2) is 24.3 Å². The number of rotatable bonds is 0. The van der Waals surface area contributed by atoms with Crippen LogP contribution in [-0.4, -0.2) is 11.4 Å². The zero-order valence-corrected chi connectivity index (χ0v) is 12.8. The van der Waals surface area contributed by atoms with E-state index in [2.05, 4.69) is 41.5 Å². The third-order valence-electron chi connectivity index (χ3n) is 4.30. The molecule has 2 nitrogen and oxygen atoms in total. The first-order chi connectivity index (χ1) is 8.58. The van der Waals surface area contributed by atoms with Crippen molar-refractivity contribution in [2.45, 2.75) is 53.6 Å². The largest absolute Gasteiger partial charge is 0.485 e. The lowest BCUT2D eigenvalue weighted by Crippen LogP contribution is -2.60. The molecule has 0 amide bonds. The molecule has 0 N–H and O–H groups in total. The van der Waals surface area contributed by atoms with Crippen molar-refractivity contribution < 1.29 is 9.53 Å². The van der Waals surface area contributed by atoms with Gasteiger partial charge in [0.2, 0.25) is 0 Å². The van der Waals surface area contributed by atoms with Gasteiger partial charge < -0.3 is 4.74 Å². The van der Waals surface area contributed by atoms with Gasteiger partial charge in [0, 0.05) is 10.8 Å². The van der Waals surface area contributed by atoms with E-state index in [-0.39, 0.29) is 16.6 Å². The zero-order valence-electron chi connectivity index (χ0n) is 12.8. The van der Waals surface area contributed by atoms with E-state index in [4.69, 9.17) is 4.74 Å². The molecule has 2 rings (SSSR count). The van der Waals surface area contributed by atoms with Gasteiger partial charge in [0.1, 0.15) is 11.4 Å². The predicted molar refractivity (Wildman–Crippen MR) is 77.7 cm³/mol. The van der Waals surface area contributed by atoms with Crippen molar-refractivity contribution in [3.63, 3.8) is 0 Å². The molecule has 1 aliphatic heterocycles. The second kappa shape index (κ2) is 4.09. The maximum atomic E-state index is 12.5. The number of carbonyl (C=O) groups excluding carboxylic acids is 1. The van der Waals surface area contributed by atoms with Crippen LogP contribution in [0.1, 0.15) is 58.3 Å². The predicted octanol–water partition coefficient (Wildman–Crippen LogP) is 4.48. The van der Waals surface area contributed by atoms with E-state index < -0.39 is 5.60 Å². The summed E-state index contributed by atoms with van der Waals surface area (Å²) in [7, 11) is 0. The van der Waals surface area contributed by atoms with Crippen LogP contribution < -0.4 is 4.74 Å². The lowest BCUT2D eigenvalue weighted by Gasteiger charge is -2.54. The number of ketones is 1. The Morgan fingerprint density at radius 1 is 1.00 bits per heavy atom. The zero-order chi connectivity index (χ0) is 14.5. The van der Waals surface area contributed by atoms with E-state index in [0.717, 1.165) is 5.75 Å². The maximum Gasteiger partial charge on any atom is 0.170 e. The lowest BCUT2D eigenvalue weighted by atomic mass is 9.59. The van der Waals surface area contributed by atoms with Gasteiger partial charge in [0.25, 0.3) is 0 Å². The SMILES string of the molecule is CC(C)(C)C1(C(C)(C)C)CC(=O)c2ccccc2O1. The van der Waals surface area contributed by atoms with Crippen LogP contribution in [0.25, 0.3) is 0 Å². The van der Waals surface area contributed by atoms with Gasteiger partial charge in [-0.2, -0.15) is 0 Å². The number of hydrogen-bond acceptors (Lipinski definition) is 2. The average Bonchev–Trinajstić information content (AvgIpc) is 2.26. The molecule has 0 saturated carbocycles. The standard InChI is InChI=1S/C17H24O2/c1-15(2,3)17(16(4,5)6)11-13(18)12-9-7-8-10-14(12)19-17/h7-10H,11H2,1-6H3. The van der Waals surface area contributed by atoms with Crippen molar-refractivity contribution in [3.05, 3.63) is 29.8 Å². The second-order valence-electron chi connectivity index (χ2n) is 7.53. The van der Waals surface area contributed by atoms with E-state index >= 15 is 0 Å². The van der Waals surface area contributed by atoms with Gasteiger partial charge >= 0.3 is 0 Å². The van der Waals surface area contributed by atoms with Crippen molar-refractivity contribution >= 4 is 5.78 Å². The van der Waals surface area contributed by atoms with Crippen molar-refractivity contribution in [1.82, 2.24) is 0 Å². The summed E-state index contributed by atoms with van der Waals surface area (Å²) in [5, 5.41) is 0. The Hall–Kier alpha value is -1.31. The molecule has 0 spiro atoms. The van der Waals surface area contributed by atoms with E-state index in [9.17, 15) is 4.79 Å². The monoisotopic (exact) mass is 260 g/mol. The van der Waals surface area contributed by atoms with Gasteiger partial charge in [-0.15, -0.1) is 0 Å². The van der Waals surface area contributed by atoms with Crippen LogP contribution in [0.5, 0.6) is 5.75 Å². The van der Waals surface area contributed by atoms with Crippen LogP contribution in [0.2, 0.25) is 0 Å². The summed E-state index contributed by atoms with van der Waals surface area (Å²) in [6, 6.07) is 7.57. The highest BCUT2D eigenvalue weighted by molar-refractivity contribution is 6.00. The maximum absolute atomic E-state index is 12.5. The van der Waals surface area contributed by atoms with E-state index in [1.165, 1.54) is 0 Å². The molecule has 104 valence electrons. The van der Waals surface area contributed by atoms with E-state index in [1.54, 1.807) is 0 Å². The summed E-state index contributed by atoms with van der Waals surface area (Å²) in [5.41, 5.74) is 0.000499. The first kappa shape index (κ1) is 14.1. The van der Waals surface area contributed by atoms with Crippen molar-refractivity contribution in [2.24, 2.45) is 10.8 Å². The van der Waals surface area contributed by atoms with Gasteiger partial charge in [0.15, 0.2) is 5.78 Å². The summed E-state index contributed by atoms with van der Waals surface area (Å²) < 4.78 is 6.40. The third-order valence-corrected chi connectivity index (χ3v) is 4.30. The Kier molecular flexibility index (Phi) is 3.04. The van der Waals surface area contributed by atoms with Gasteiger partial charge in [-0.1, -0.05) is 53.7 Å². The van der Waals surface area contributed by atoms with Crippen LogP contribution >= 0.6 is 0 Å². The molecular weight excluding hydrogens is 236 g/mol. The van der Waals surface area contributed by atoms with Gasteiger partial charge in [-0.25, -0.2) is 0 Å². The molecule has 0 bridgehead atoms.